The van der Waals surface area contributed by atoms with Gasteiger partial charge in [-0.1, -0.05) is 30.3 Å². The predicted octanol–water partition coefficient (Wildman–Crippen LogP) is 1.51. The van der Waals surface area contributed by atoms with Crippen LogP contribution >= 0.6 is 0 Å². The molecule has 0 spiro atoms. The number of nitrogens with zero attached hydrogens (tertiary/aromatic N) is 4. The normalized spacial score (nSPS) is 11.2. The first kappa shape index (κ1) is 15.9. The van der Waals surface area contributed by atoms with Gasteiger partial charge in [-0.2, -0.15) is 0 Å². The third kappa shape index (κ3) is 2.58. The van der Waals surface area contributed by atoms with Crippen molar-refractivity contribution in [1.82, 2.24) is 19.1 Å². The molecular weight excluding hydrogens is 306 g/mol. The fourth-order valence-electron chi connectivity index (χ4n) is 2.54. The molecule has 0 saturated carbocycles. The van der Waals surface area contributed by atoms with Crippen LogP contribution in [0.5, 0.6) is 0 Å². The molecule has 0 saturated heterocycles. The SMILES string of the molecule is CC(C)Nc1nc2c(nc1-c1ccccc1)c(=O)n(C)c(=O)n2C. The maximum atomic E-state index is 12.4. The molecular formula is C17H19N5O2. The lowest BCUT2D eigenvalue weighted by Crippen LogP contribution is -2.38. The summed E-state index contributed by atoms with van der Waals surface area (Å²) in [6.45, 7) is 3.98. The van der Waals surface area contributed by atoms with Crippen molar-refractivity contribution >= 4 is 17.0 Å². The fraction of sp³-hybridized carbons (Fsp3) is 0.294. The molecule has 124 valence electrons. The van der Waals surface area contributed by atoms with E-state index in [9.17, 15) is 9.59 Å². The molecule has 7 nitrogen and oxygen atoms in total. The van der Waals surface area contributed by atoms with E-state index in [0.29, 0.717) is 11.5 Å². The summed E-state index contributed by atoms with van der Waals surface area (Å²) in [5, 5.41) is 3.25. The monoisotopic (exact) mass is 325 g/mol. The van der Waals surface area contributed by atoms with E-state index in [2.05, 4.69) is 15.3 Å². The Balaban J connectivity index is 2.42. The minimum Gasteiger partial charge on any atom is -0.366 e. The number of aromatic nitrogens is 4. The Kier molecular flexibility index (Phi) is 3.92. The second-order valence-corrected chi connectivity index (χ2v) is 5.96. The summed E-state index contributed by atoms with van der Waals surface area (Å²) >= 11 is 0. The van der Waals surface area contributed by atoms with Gasteiger partial charge in [0, 0.05) is 25.7 Å². The van der Waals surface area contributed by atoms with Crippen LogP contribution in [0.1, 0.15) is 13.8 Å². The summed E-state index contributed by atoms with van der Waals surface area (Å²) in [7, 11) is 3.02. The number of hydrogen-bond acceptors (Lipinski definition) is 5. The summed E-state index contributed by atoms with van der Waals surface area (Å²) in [4.78, 5) is 33.6. The smallest absolute Gasteiger partial charge is 0.332 e. The van der Waals surface area contributed by atoms with Crippen LogP contribution < -0.4 is 16.6 Å². The van der Waals surface area contributed by atoms with Gasteiger partial charge in [0.2, 0.25) is 0 Å². The van der Waals surface area contributed by atoms with Gasteiger partial charge in [0.05, 0.1) is 0 Å². The molecule has 2 heterocycles. The highest BCUT2D eigenvalue weighted by Crippen LogP contribution is 2.26. The number of rotatable bonds is 3. The number of hydrogen-bond donors (Lipinski definition) is 1. The second kappa shape index (κ2) is 5.92. The molecule has 0 bridgehead atoms. The van der Waals surface area contributed by atoms with Crippen molar-refractivity contribution in [3.63, 3.8) is 0 Å². The molecule has 0 atom stereocenters. The molecule has 0 aliphatic rings. The quantitative estimate of drug-likeness (QED) is 0.789. The molecule has 2 aromatic heterocycles. The van der Waals surface area contributed by atoms with Crippen molar-refractivity contribution in [3.05, 3.63) is 51.2 Å². The van der Waals surface area contributed by atoms with Crippen molar-refractivity contribution in [1.29, 1.82) is 0 Å². The zero-order valence-electron chi connectivity index (χ0n) is 14.1. The van der Waals surface area contributed by atoms with E-state index >= 15 is 0 Å². The molecule has 7 heteroatoms. The molecule has 0 aliphatic carbocycles. The molecule has 0 radical (unpaired) electrons. The Hall–Kier alpha value is -2.96. The zero-order chi connectivity index (χ0) is 17.4. The Bertz CT molecular complexity index is 1020. The maximum absolute atomic E-state index is 12.4. The van der Waals surface area contributed by atoms with Crippen LogP contribution in [0.4, 0.5) is 5.82 Å². The van der Waals surface area contributed by atoms with Gasteiger partial charge in [-0.05, 0) is 13.8 Å². The maximum Gasteiger partial charge on any atom is 0.332 e. The Morgan fingerprint density at radius 1 is 1.00 bits per heavy atom. The largest absolute Gasteiger partial charge is 0.366 e. The molecule has 0 fully saturated rings. The predicted molar refractivity (Wildman–Crippen MR) is 94.2 cm³/mol. The minimum atomic E-state index is -0.450. The van der Waals surface area contributed by atoms with Gasteiger partial charge in [-0.15, -0.1) is 0 Å². The van der Waals surface area contributed by atoms with Gasteiger partial charge < -0.3 is 5.32 Å². The first-order valence-corrected chi connectivity index (χ1v) is 7.70. The molecule has 1 aromatic carbocycles. The van der Waals surface area contributed by atoms with Gasteiger partial charge in [0.1, 0.15) is 5.69 Å². The standard InChI is InChI=1S/C17H19N5O2/c1-10(2)18-14-12(11-8-6-5-7-9-11)19-13-15(20-14)21(3)17(24)22(4)16(13)23/h5-10H,1-4H3,(H,18,20). The lowest BCUT2D eigenvalue weighted by molar-refractivity contribution is 0.704. The fourth-order valence-corrected chi connectivity index (χ4v) is 2.54. The van der Waals surface area contributed by atoms with Crippen molar-refractivity contribution in [2.45, 2.75) is 19.9 Å². The molecule has 3 aromatic rings. The third-order valence-corrected chi connectivity index (χ3v) is 3.75. The van der Waals surface area contributed by atoms with Crippen LogP contribution in [-0.4, -0.2) is 25.1 Å². The summed E-state index contributed by atoms with van der Waals surface area (Å²) in [5.74, 6) is 0.548. The molecule has 0 unspecified atom stereocenters. The molecule has 0 amide bonds. The van der Waals surface area contributed by atoms with Gasteiger partial charge >= 0.3 is 5.69 Å². The van der Waals surface area contributed by atoms with E-state index in [1.807, 2.05) is 44.2 Å². The van der Waals surface area contributed by atoms with Crippen LogP contribution in [0.25, 0.3) is 22.4 Å². The average molecular weight is 325 g/mol. The van der Waals surface area contributed by atoms with Crippen LogP contribution in [-0.2, 0) is 14.1 Å². The van der Waals surface area contributed by atoms with E-state index in [-0.39, 0.29) is 17.2 Å². The first-order chi connectivity index (χ1) is 11.4. The summed E-state index contributed by atoms with van der Waals surface area (Å²) < 4.78 is 2.38. The second-order valence-electron chi connectivity index (χ2n) is 5.96. The van der Waals surface area contributed by atoms with Crippen LogP contribution in [0.2, 0.25) is 0 Å². The minimum absolute atomic E-state index is 0.128. The van der Waals surface area contributed by atoms with Gasteiger partial charge in [0.25, 0.3) is 5.56 Å². The number of nitrogens with one attached hydrogen (secondary N) is 1. The number of fused-ring (bicyclic) bond motifs is 1. The molecule has 24 heavy (non-hydrogen) atoms. The van der Waals surface area contributed by atoms with Crippen molar-refractivity contribution in [2.75, 3.05) is 5.32 Å². The Labute approximate surface area is 138 Å². The van der Waals surface area contributed by atoms with E-state index in [0.717, 1.165) is 10.1 Å². The van der Waals surface area contributed by atoms with E-state index in [1.165, 1.54) is 11.6 Å². The van der Waals surface area contributed by atoms with Crippen molar-refractivity contribution < 1.29 is 0 Å². The highest BCUT2D eigenvalue weighted by Gasteiger charge is 2.17. The van der Waals surface area contributed by atoms with Gasteiger partial charge in [-0.3, -0.25) is 13.9 Å². The summed E-state index contributed by atoms with van der Waals surface area (Å²) in [5.41, 5.74) is 1.01. The summed E-state index contributed by atoms with van der Waals surface area (Å²) in [6, 6.07) is 9.67. The van der Waals surface area contributed by atoms with Crippen LogP contribution in [0.15, 0.2) is 39.9 Å². The first-order valence-electron chi connectivity index (χ1n) is 7.70. The Morgan fingerprint density at radius 3 is 2.29 bits per heavy atom. The van der Waals surface area contributed by atoms with Gasteiger partial charge in [0.15, 0.2) is 17.0 Å². The topological polar surface area (TPSA) is 81.8 Å². The molecule has 0 aliphatic heterocycles. The highest BCUT2D eigenvalue weighted by atomic mass is 16.2. The summed E-state index contributed by atoms with van der Waals surface area (Å²) in [6.07, 6.45) is 0. The van der Waals surface area contributed by atoms with E-state index in [4.69, 9.17) is 0 Å². The van der Waals surface area contributed by atoms with E-state index < -0.39 is 11.2 Å². The van der Waals surface area contributed by atoms with E-state index in [1.54, 1.807) is 7.05 Å². The van der Waals surface area contributed by atoms with Crippen molar-refractivity contribution in [3.8, 4) is 11.3 Å². The van der Waals surface area contributed by atoms with Gasteiger partial charge in [-0.25, -0.2) is 14.8 Å². The molecule has 3 rings (SSSR count). The number of aryl methyl sites for hydroxylation is 1. The highest BCUT2D eigenvalue weighted by molar-refractivity contribution is 5.80. The number of anilines is 1. The third-order valence-electron chi connectivity index (χ3n) is 3.75. The van der Waals surface area contributed by atoms with Crippen molar-refractivity contribution in [2.24, 2.45) is 14.1 Å². The average Bonchev–Trinajstić information content (AvgIpc) is 2.58. The number of benzene rings is 1. The lowest BCUT2D eigenvalue weighted by Gasteiger charge is -2.15. The lowest BCUT2D eigenvalue weighted by atomic mass is 10.1. The zero-order valence-corrected chi connectivity index (χ0v) is 14.1. The van der Waals surface area contributed by atoms with Crippen LogP contribution in [0.3, 0.4) is 0 Å². The Morgan fingerprint density at radius 2 is 1.67 bits per heavy atom. The van der Waals surface area contributed by atoms with Crippen LogP contribution in [0, 0.1) is 0 Å². The molecule has 1 N–H and O–H groups in total.